The van der Waals surface area contributed by atoms with Gasteiger partial charge in [-0.2, -0.15) is 0 Å². The highest BCUT2D eigenvalue weighted by Crippen LogP contribution is 2.27. The summed E-state index contributed by atoms with van der Waals surface area (Å²) in [5, 5.41) is 0.675. The summed E-state index contributed by atoms with van der Waals surface area (Å²) < 4.78 is 5.27. The topological polar surface area (TPSA) is 26.3 Å². The van der Waals surface area contributed by atoms with Crippen LogP contribution in [-0.2, 0) is 5.33 Å². The Labute approximate surface area is 106 Å². The average molecular weight is 336 g/mol. The molecule has 0 aliphatic rings. The van der Waals surface area contributed by atoms with E-state index in [1.165, 1.54) is 0 Å². The number of hydrogen-bond acceptors (Lipinski definition) is 2. The fourth-order valence-corrected chi connectivity index (χ4v) is 2.03. The lowest BCUT2D eigenvalue weighted by atomic mass is 10.0. The fraction of sp³-hybridized carbons (Fsp3) is 0.364. The molecule has 1 aromatic rings. The third-order valence-electron chi connectivity index (χ3n) is 2.07. The number of ether oxygens (including phenoxy) is 1. The van der Waals surface area contributed by atoms with E-state index in [0.717, 1.165) is 5.56 Å². The van der Waals surface area contributed by atoms with E-state index in [-0.39, 0.29) is 10.6 Å². The summed E-state index contributed by atoms with van der Waals surface area (Å²) in [6, 6.07) is 5.58. The number of alkyl halides is 2. The van der Waals surface area contributed by atoms with Gasteiger partial charge in [-0.3, -0.25) is 4.79 Å². The first-order valence-corrected chi connectivity index (χ1v) is 6.55. The summed E-state index contributed by atoms with van der Waals surface area (Å²) in [5.41, 5.74) is 1.61. The second-order valence-corrected chi connectivity index (χ2v) is 5.05. The first-order valence-electron chi connectivity index (χ1n) is 4.52. The largest absolute Gasteiger partial charge is 0.496 e. The van der Waals surface area contributed by atoms with Gasteiger partial charge in [-0.1, -0.05) is 44.0 Å². The summed E-state index contributed by atoms with van der Waals surface area (Å²) >= 11 is 6.64. The molecule has 0 radical (unpaired) electrons. The Morgan fingerprint density at radius 2 is 2.20 bits per heavy atom. The maximum absolute atomic E-state index is 11.9. The van der Waals surface area contributed by atoms with E-state index < -0.39 is 0 Å². The molecule has 1 atom stereocenters. The Balaban J connectivity index is 3.23. The summed E-state index contributed by atoms with van der Waals surface area (Å²) in [6.45, 7) is 1.81. The van der Waals surface area contributed by atoms with Crippen LogP contribution in [0.15, 0.2) is 18.2 Å². The monoisotopic (exact) mass is 334 g/mol. The minimum atomic E-state index is -0.197. The summed E-state index contributed by atoms with van der Waals surface area (Å²) in [6.07, 6.45) is 0. The number of carbonyl (C=O) groups is 1. The van der Waals surface area contributed by atoms with Gasteiger partial charge in [0, 0.05) is 10.9 Å². The van der Waals surface area contributed by atoms with Crippen molar-refractivity contribution in [3.05, 3.63) is 29.3 Å². The lowest BCUT2D eigenvalue weighted by Crippen LogP contribution is -2.12. The molecule has 0 bridgehead atoms. The van der Waals surface area contributed by atoms with Crippen molar-refractivity contribution in [3.8, 4) is 5.75 Å². The van der Waals surface area contributed by atoms with Crippen molar-refractivity contribution in [1.29, 1.82) is 0 Å². The summed E-state index contributed by atoms with van der Waals surface area (Å²) in [5.74, 6) is 0.695. The number of methoxy groups -OCH3 is 1. The van der Waals surface area contributed by atoms with Gasteiger partial charge in [-0.15, -0.1) is 0 Å². The van der Waals surface area contributed by atoms with Crippen LogP contribution in [0.5, 0.6) is 5.75 Å². The first-order chi connectivity index (χ1) is 7.11. The van der Waals surface area contributed by atoms with Gasteiger partial charge < -0.3 is 4.74 Å². The van der Waals surface area contributed by atoms with Crippen LogP contribution in [-0.4, -0.2) is 17.7 Å². The number of para-hydroxylation sites is 1. The highest BCUT2D eigenvalue weighted by molar-refractivity contribution is 9.10. The smallest absolute Gasteiger partial charge is 0.179 e. The van der Waals surface area contributed by atoms with Gasteiger partial charge in [0.1, 0.15) is 5.75 Å². The standard InChI is InChI=1S/C11H12Br2O2/c1-7(13)10(14)9-5-3-4-8(6-12)11(9)15-2/h3-5,7H,6H2,1-2H3. The molecule has 0 heterocycles. The molecule has 0 N–H and O–H groups in total. The Hall–Kier alpha value is -0.350. The predicted molar refractivity (Wildman–Crippen MR) is 68.3 cm³/mol. The van der Waals surface area contributed by atoms with E-state index >= 15 is 0 Å². The summed E-state index contributed by atoms with van der Waals surface area (Å²) in [7, 11) is 1.58. The molecule has 82 valence electrons. The van der Waals surface area contributed by atoms with Crippen LogP contribution in [0.3, 0.4) is 0 Å². The molecule has 0 amide bonds. The molecular formula is C11H12Br2O2. The van der Waals surface area contributed by atoms with Crippen LogP contribution < -0.4 is 4.74 Å². The molecule has 0 fully saturated rings. The number of rotatable bonds is 4. The Morgan fingerprint density at radius 3 is 2.67 bits per heavy atom. The van der Waals surface area contributed by atoms with Crippen molar-refractivity contribution in [2.75, 3.05) is 7.11 Å². The van der Waals surface area contributed by atoms with E-state index in [1.54, 1.807) is 13.2 Å². The maximum atomic E-state index is 11.9. The van der Waals surface area contributed by atoms with E-state index in [4.69, 9.17) is 4.74 Å². The fourth-order valence-electron chi connectivity index (χ4n) is 1.34. The van der Waals surface area contributed by atoms with Crippen LogP contribution in [0.2, 0.25) is 0 Å². The van der Waals surface area contributed by atoms with E-state index in [2.05, 4.69) is 31.9 Å². The summed E-state index contributed by atoms with van der Waals surface area (Å²) in [4.78, 5) is 11.7. The predicted octanol–water partition coefficient (Wildman–Crippen LogP) is 3.56. The van der Waals surface area contributed by atoms with Crippen molar-refractivity contribution in [2.45, 2.75) is 17.1 Å². The molecule has 1 unspecified atom stereocenters. The van der Waals surface area contributed by atoms with E-state index in [9.17, 15) is 4.79 Å². The van der Waals surface area contributed by atoms with Crippen LogP contribution >= 0.6 is 31.9 Å². The van der Waals surface area contributed by atoms with Gasteiger partial charge in [-0.05, 0) is 13.0 Å². The molecule has 4 heteroatoms. The zero-order chi connectivity index (χ0) is 11.4. The zero-order valence-corrected chi connectivity index (χ0v) is 11.8. The normalized spacial score (nSPS) is 12.3. The quantitative estimate of drug-likeness (QED) is 0.621. The number of halogens is 2. The zero-order valence-electron chi connectivity index (χ0n) is 8.59. The highest BCUT2D eigenvalue weighted by atomic mass is 79.9. The Morgan fingerprint density at radius 1 is 1.53 bits per heavy atom. The second-order valence-electron chi connectivity index (χ2n) is 3.11. The molecule has 0 saturated carbocycles. The number of benzene rings is 1. The minimum Gasteiger partial charge on any atom is -0.496 e. The SMILES string of the molecule is COc1c(CBr)cccc1C(=O)C(C)Br. The average Bonchev–Trinajstić information content (AvgIpc) is 2.26. The minimum absolute atomic E-state index is 0.0367. The molecule has 0 spiro atoms. The van der Waals surface area contributed by atoms with Crippen molar-refractivity contribution < 1.29 is 9.53 Å². The van der Waals surface area contributed by atoms with Gasteiger partial charge in [-0.25, -0.2) is 0 Å². The highest BCUT2D eigenvalue weighted by Gasteiger charge is 2.18. The van der Waals surface area contributed by atoms with Gasteiger partial charge in [0.25, 0.3) is 0 Å². The molecule has 1 rings (SSSR count). The second kappa shape index (κ2) is 5.66. The van der Waals surface area contributed by atoms with Crippen molar-refractivity contribution in [3.63, 3.8) is 0 Å². The maximum Gasteiger partial charge on any atom is 0.179 e. The molecule has 0 saturated heterocycles. The Bertz CT molecular complexity index is 362. The van der Waals surface area contributed by atoms with E-state index in [0.29, 0.717) is 16.6 Å². The first kappa shape index (κ1) is 12.7. The van der Waals surface area contributed by atoms with Crippen molar-refractivity contribution in [2.24, 2.45) is 0 Å². The van der Waals surface area contributed by atoms with Crippen LogP contribution in [0.25, 0.3) is 0 Å². The van der Waals surface area contributed by atoms with Gasteiger partial charge >= 0.3 is 0 Å². The third kappa shape index (κ3) is 2.82. The van der Waals surface area contributed by atoms with Gasteiger partial charge in [0.05, 0.1) is 17.5 Å². The Kier molecular flexibility index (Phi) is 4.80. The molecule has 0 aliphatic carbocycles. The number of carbonyl (C=O) groups excluding carboxylic acids is 1. The number of Topliss-reactive ketones (excluding diaryl/α,β-unsaturated/α-hetero) is 1. The third-order valence-corrected chi connectivity index (χ3v) is 3.09. The lowest BCUT2D eigenvalue weighted by molar-refractivity contribution is 0.0993. The van der Waals surface area contributed by atoms with E-state index in [1.807, 2.05) is 19.1 Å². The molecule has 0 aliphatic heterocycles. The molecule has 2 nitrogen and oxygen atoms in total. The molecule has 0 aromatic heterocycles. The van der Waals surface area contributed by atoms with Crippen LogP contribution in [0, 0.1) is 0 Å². The van der Waals surface area contributed by atoms with Crippen LogP contribution in [0.4, 0.5) is 0 Å². The molecule has 1 aromatic carbocycles. The van der Waals surface area contributed by atoms with Crippen molar-refractivity contribution >= 4 is 37.6 Å². The molecule has 15 heavy (non-hydrogen) atoms. The van der Waals surface area contributed by atoms with Gasteiger partial charge in [0.15, 0.2) is 5.78 Å². The number of ketones is 1. The van der Waals surface area contributed by atoms with Gasteiger partial charge in [0.2, 0.25) is 0 Å². The van der Waals surface area contributed by atoms with Crippen molar-refractivity contribution in [1.82, 2.24) is 0 Å². The lowest BCUT2D eigenvalue weighted by Gasteiger charge is -2.12. The number of hydrogen-bond donors (Lipinski definition) is 0. The molecular weight excluding hydrogens is 324 g/mol. The van der Waals surface area contributed by atoms with Crippen LogP contribution in [0.1, 0.15) is 22.8 Å².